The monoisotopic (exact) mass is 317 g/mol. The lowest BCUT2D eigenvalue weighted by Gasteiger charge is -2.33. The molecule has 1 saturated carbocycles. The molecular weight excluding hydrogens is 290 g/mol. The van der Waals surface area contributed by atoms with Crippen LogP contribution < -0.4 is 5.32 Å². The molecule has 3 unspecified atom stereocenters. The molecule has 0 aliphatic heterocycles. The first-order valence-electron chi connectivity index (χ1n) is 8.51. The van der Waals surface area contributed by atoms with Crippen LogP contribution in [-0.2, 0) is 20.7 Å². The van der Waals surface area contributed by atoms with E-state index in [0.29, 0.717) is 5.92 Å². The first-order chi connectivity index (χ1) is 11.1. The van der Waals surface area contributed by atoms with Gasteiger partial charge in [-0.2, -0.15) is 0 Å². The van der Waals surface area contributed by atoms with Crippen molar-refractivity contribution in [3.63, 3.8) is 0 Å². The van der Waals surface area contributed by atoms with Crippen molar-refractivity contribution in [1.29, 1.82) is 0 Å². The molecular formula is C19H27NO3. The van der Waals surface area contributed by atoms with E-state index in [1.807, 2.05) is 6.07 Å². The molecule has 2 rings (SSSR count). The number of benzene rings is 1. The molecule has 0 bridgehead atoms. The highest BCUT2D eigenvalue weighted by atomic mass is 16.5. The van der Waals surface area contributed by atoms with E-state index >= 15 is 0 Å². The zero-order valence-electron chi connectivity index (χ0n) is 14.1. The van der Waals surface area contributed by atoms with Gasteiger partial charge in [0.15, 0.2) is 0 Å². The number of hydrogen-bond acceptors (Lipinski definition) is 3. The van der Waals surface area contributed by atoms with Crippen LogP contribution in [0.5, 0.6) is 0 Å². The second-order valence-corrected chi connectivity index (χ2v) is 6.53. The summed E-state index contributed by atoms with van der Waals surface area (Å²) in [7, 11) is 1.35. The normalized spacial score (nSPS) is 22.2. The maximum Gasteiger partial charge on any atom is 0.306 e. The number of amides is 1. The molecule has 0 heterocycles. The van der Waals surface area contributed by atoms with Gasteiger partial charge in [0.05, 0.1) is 13.5 Å². The van der Waals surface area contributed by atoms with E-state index in [-0.39, 0.29) is 30.3 Å². The molecule has 0 aromatic heterocycles. The number of nitrogens with one attached hydrogen (secondary N) is 1. The van der Waals surface area contributed by atoms with Crippen molar-refractivity contribution in [1.82, 2.24) is 5.32 Å². The predicted molar refractivity (Wildman–Crippen MR) is 89.8 cm³/mol. The summed E-state index contributed by atoms with van der Waals surface area (Å²) < 4.78 is 4.64. The van der Waals surface area contributed by atoms with Crippen LogP contribution in [0, 0.1) is 11.8 Å². The second-order valence-electron chi connectivity index (χ2n) is 6.53. The number of methoxy groups -OCH3 is 1. The standard InChI is InChI=1S/C19H27NO3/c1-14(12-18(21)23-2)19(22)20-17-11-7-6-10-16(17)13-15-8-4-3-5-9-15/h3-5,8-9,14,16-17H,6-7,10-13H2,1-2H3,(H,20,22). The van der Waals surface area contributed by atoms with Crippen molar-refractivity contribution in [2.45, 2.75) is 51.5 Å². The minimum absolute atomic E-state index is 0.0413. The highest BCUT2D eigenvalue weighted by Gasteiger charge is 2.28. The van der Waals surface area contributed by atoms with Crippen molar-refractivity contribution in [3.05, 3.63) is 35.9 Å². The SMILES string of the molecule is COC(=O)CC(C)C(=O)NC1CCCCC1Cc1ccccc1. The third-order valence-corrected chi connectivity index (χ3v) is 4.73. The Morgan fingerprint density at radius 2 is 1.91 bits per heavy atom. The van der Waals surface area contributed by atoms with Crippen LogP contribution in [0.25, 0.3) is 0 Å². The molecule has 0 radical (unpaired) electrons. The number of hydrogen-bond donors (Lipinski definition) is 1. The molecule has 0 saturated heterocycles. The topological polar surface area (TPSA) is 55.4 Å². The Morgan fingerprint density at radius 3 is 2.61 bits per heavy atom. The van der Waals surface area contributed by atoms with Gasteiger partial charge < -0.3 is 10.1 Å². The molecule has 0 spiro atoms. The second kappa shape index (κ2) is 8.70. The van der Waals surface area contributed by atoms with Gasteiger partial charge in [0, 0.05) is 12.0 Å². The minimum atomic E-state index is -0.346. The number of rotatable bonds is 6. The Balaban J connectivity index is 1.93. The molecule has 4 heteroatoms. The molecule has 126 valence electrons. The van der Waals surface area contributed by atoms with Gasteiger partial charge >= 0.3 is 5.97 Å². The summed E-state index contributed by atoms with van der Waals surface area (Å²) in [6.07, 6.45) is 5.68. The molecule has 1 N–H and O–H groups in total. The van der Waals surface area contributed by atoms with E-state index in [2.05, 4.69) is 34.3 Å². The van der Waals surface area contributed by atoms with Crippen molar-refractivity contribution >= 4 is 11.9 Å². The third kappa shape index (κ3) is 5.38. The number of carbonyl (C=O) groups is 2. The van der Waals surface area contributed by atoms with Crippen LogP contribution in [0.4, 0.5) is 0 Å². The molecule has 1 fully saturated rings. The molecule has 1 aliphatic carbocycles. The van der Waals surface area contributed by atoms with Gasteiger partial charge in [0.1, 0.15) is 0 Å². The molecule has 1 aliphatic rings. The highest BCUT2D eigenvalue weighted by Crippen LogP contribution is 2.28. The number of ether oxygens (including phenoxy) is 1. The van der Waals surface area contributed by atoms with E-state index in [4.69, 9.17) is 0 Å². The van der Waals surface area contributed by atoms with Crippen LogP contribution in [0.1, 0.15) is 44.6 Å². The van der Waals surface area contributed by atoms with Crippen LogP contribution >= 0.6 is 0 Å². The fraction of sp³-hybridized carbons (Fsp3) is 0.579. The lowest BCUT2D eigenvalue weighted by Crippen LogP contribution is -2.45. The molecule has 1 amide bonds. The number of esters is 1. The first kappa shape index (κ1) is 17.5. The summed E-state index contributed by atoms with van der Waals surface area (Å²) in [6.45, 7) is 1.78. The highest BCUT2D eigenvalue weighted by molar-refractivity contribution is 5.83. The average Bonchev–Trinajstić information content (AvgIpc) is 2.57. The summed E-state index contributed by atoms with van der Waals surface area (Å²) in [4.78, 5) is 23.7. The zero-order chi connectivity index (χ0) is 16.7. The average molecular weight is 317 g/mol. The third-order valence-electron chi connectivity index (χ3n) is 4.73. The lowest BCUT2D eigenvalue weighted by molar-refractivity contribution is -0.144. The van der Waals surface area contributed by atoms with Gasteiger partial charge in [-0.25, -0.2) is 0 Å². The van der Waals surface area contributed by atoms with Crippen molar-refractivity contribution in [3.8, 4) is 0 Å². The van der Waals surface area contributed by atoms with Gasteiger partial charge in [-0.1, -0.05) is 50.1 Å². The van der Waals surface area contributed by atoms with Crippen molar-refractivity contribution in [2.75, 3.05) is 7.11 Å². The molecule has 1 aromatic carbocycles. The number of carbonyl (C=O) groups excluding carboxylic acids is 2. The fourth-order valence-electron chi connectivity index (χ4n) is 3.31. The van der Waals surface area contributed by atoms with Crippen LogP contribution in [0.3, 0.4) is 0 Å². The van der Waals surface area contributed by atoms with Gasteiger partial charge in [-0.3, -0.25) is 9.59 Å². The summed E-state index contributed by atoms with van der Waals surface area (Å²) in [5.74, 6) is -0.250. The Bertz CT molecular complexity index is 515. The van der Waals surface area contributed by atoms with Gasteiger partial charge in [0.2, 0.25) is 5.91 Å². The summed E-state index contributed by atoms with van der Waals surface area (Å²) >= 11 is 0. The molecule has 3 atom stereocenters. The summed E-state index contributed by atoms with van der Waals surface area (Å²) in [6, 6.07) is 10.6. The minimum Gasteiger partial charge on any atom is -0.469 e. The maximum absolute atomic E-state index is 12.3. The van der Waals surface area contributed by atoms with Crippen LogP contribution in [0.15, 0.2) is 30.3 Å². The molecule has 1 aromatic rings. The van der Waals surface area contributed by atoms with E-state index in [1.165, 1.54) is 19.1 Å². The Hall–Kier alpha value is -1.84. The summed E-state index contributed by atoms with van der Waals surface area (Å²) in [5.41, 5.74) is 1.32. The lowest BCUT2D eigenvalue weighted by atomic mass is 9.80. The van der Waals surface area contributed by atoms with Gasteiger partial charge in [0.25, 0.3) is 0 Å². The van der Waals surface area contributed by atoms with E-state index < -0.39 is 0 Å². The van der Waals surface area contributed by atoms with Crippen molar-refractivity contribution in [2.24, 2.45) is 11.8 Å². The van der Waals surface area contributed by atoms with E-state index in [1.54, 1.807) is 6.92 Å². The summed E-state index contributed by atoms with van der Waals surface area (Å²) in [5, 5.41) is 3.17. The van der Waals surface area contributed by atoms with E-state index in [0.717, 1.165) is 25.7 Å². The smallest absolute Gasteiger partial charge is 0.306 e. The molecule has 4 nitrogen and oxygen atoms in total. The van der Waals surface area contributed by atoms with Crippen molar-refractivity contribution < 1.29 is 14.3 Å². The maximum atomic E-state index is 12.3. The van der Waals surface area contributed by atoms with Crippen LogP contribution in [0.2, 0.25) is 0 Å². The Morgan fingerprint density at radius 1 is 1.22 bits per heavy atom. The van der Waals surface area contributed by atoms with Gasteiger partial charge in [-0.05, 0) is 30.7 Å². The first-order valence-corrected chi connectivity index (χ1v) is 8.51. The zero-order valence-corrected chi connectivity index (χ0v) is 14.1. The fourth-order valence-corrected chi connectivity index (χ4v) is 3.31. The van der Waals surface area contributed by atoms with Gasteiger partial charge in [-0.15, -0.1) is 0 Å². The predicted octanol–water partition coefficient (Wildman–Crippen LogP) is 3.10. The largest absolute Gasteiger partial charge is 0.469 e. The Labute approximate surface area is 138 Å². The quantitative estimate of drug-likeness (QED) is 0.820. The Kier molecular flexibility index (Phi) is 6.63. The molecule has 23 heavy (non-hydrogen) atoms. The van der Waals surface area contributed by atoms with Crippen LogP contribution in [-0.4, -0.2) is 25.0 Å². The van der Waals surface area contributed by atoms with E-state index in [9.17, 15) is 9.59 Å².